The van der Waals surface area contributed by atoms with Crippen molar-refractivity contribution < 1.29 is 14.6 Å². The first-order valence-electron chi connectivity index (χ1n) is 14.5. The first-order chi connectivity index (χ1) is 20.1. The zero-order chi connectivity index (χ0) is 29.7. The number of hydrogen-bond acceptors (Lipinski definition) is 8. The van der Waals surface area contributed by atoms with E-state index in [4.69, 9.17) is 16.3 Å². The van der Waals surface area contributed by atoms with Crippen LogP contribution in [0.1, 0.15) is 68.8 Å². The normalized spacial score (nSPS) is 17.8. The van der Waals surface area contributed by atoms with Crippen LogP contribution >= 0.6 is 36.4 Å². The molecule has 0 bridgehead atoms. The molecular weight excluding hydrogens is 623 g/mol. The Labute approximate surface area is 276 Å². The maximum Gasteiger partial charge on any atom is 0.251 e. The number of aliphatic hydroxyl groups excluding tert-OH is 1. The molecule has 0 radical (unpaired) electrons. The van der Waals surface area contributed by atoms with Gasteiger partial charge in [0.05, 0.1) is 16.7 Å². The lowest BCUT2D eigenvalue weighted by atomic mass is 9.93. The molecule has 1 aliphatic carbocycles. The molecule has 0 spiro atoms. The van der Waals surface area contributed by atoms with E-state index in [0.717, 1.165) is 62.3 Å². The molecule has 2 heterocycles. The Balaban J connectivity index is 0.00000264. The molecule has 0 atom stereocenters. The zero-order valence-electron chi connectivity index (χ0n) is 25.2. The van der Waals surface area contributed by atoms with Gasteiger partial charge in [0.25, 0.3) is 5.91 Å². The summed E-state index contributed by atoms with van der Waals surface area (Å²) < 4.78 is 6.03. The number of anilines is 3. The molecule has 1 fully saturated rings. The Kier molecular flexibility index (Phi) is 12.7. The molecule has 12 heteroatoms. The summed E-state index contributed by atoms with van der Waals surface area (Å²) in [6, 6.07) is 12.9. The van der Waals surface area contributed by atoms with Crippen LogP contribution in [0.2, 0.25) is 5.02 Å². The van der Waals surface area contributed by atoms with Crippen LogP contribution in [0.3, 0.4) is 0 Å². The number of carbonyl (C=O) groups is 1. The molecule has 5 N–H and O–H groups in total. The molecule has 44 heavy (non-hydrogen) atoms. The largest absolute Gasteiger partial charge is 0.456 e. The molecule has 3 aromatic rings. The summed E-state index contributed by atoms with van der Waals surface area (Å²) in [4.78, 5) is 21.6. The van der Waals surface area contributed by atoms with Crippen LogP contribution in [0.25, 0.3) is 6.08 Å². The summed E-state index contributed by atoms with van der Waals surface area (Å²) >= 11 is 6.63. The molecule has 0 saturated heterocycles. The van der Waals surface area contributed by atoms with E-state index in [2.05, 4.69) is 37.3 Å². The third-order valence-corrected chi connectivity index (χ3v) is 7.59. The average Bonchev–Trinajstić information content (AvgIpc) is 3.16. The Hall–Kier alpha value is -3.08. The summed E-state index contributed by atoms with van der Waals surface area (Å²) in [5.41, 5.74) is 3.09. The van der Waals surface area contributed by atoms with Crippen molar-refractivity contribution in [1.29, 1.82) is 0 Å². The predicted octanol–water partition coefficient (Wildman–Crippen LogP) is 7.13. The van der Waals surface area contributed by atoms with Gasteiger partial charge in [0, 0.05) is 35.9 Å². The molecule has 1 aliphatic heterocycles. The number of fused-ring (bicyclic) bond motifs is 1. The van der Waals surface area contributed by atoms with Crippen molar-refractivity contribution >= 4 is 65.7 Å². The number of ether oxygens (including phenoxy) is 1. The highest BCUT2D eigenvalue weighted by atomic mass is 35.5. The highest BCUT2D eigenvalue weighted by Crippen LogP contribution is 2.34. The van der Waals surface area contributed by atoms with Crippen LogP contribution in [-0.4, -0.2) is 51.8 Å². The van der Waals surface area contributed by atoms with Gasteiger partial charge < -0.3 is 31.1 Å². The van der Waals surface area contributed by atoms with Crippen LogP contribution < -0.4 is 26.0 Å². The maximum atomic E-state index is 12.6. The van der Waals surface area contributed by atoms with E-state index in [1.54, 1.807) is 42.7 Å². The molecule has 1 aromatic heterocycles. The smallest absolute Gasteiger partial charge is 0.251 e. The highest BCUT2D eigenvalue weighted by Gasteiger charge is 2.21. The van der Waals surface area contributed by atoms with Gasteiger partial charge in [-0.25, -0.2) is 9.97 Å². The second-order valence-electron chi connectivity index (χ2n) is 12.0. The number of carbonyl (C=O) groups excluding carboxylic acids is 1. The van der Waals surface area contributed by atoms with Gasteiger partial charge in [0.2, 0.25) is 0 Å². The van der Waals surface area contributed by atoms with Crippen molar-refractivity contribution in [1.82, 2.24) is 20.6 Å². The summed E-state index contributed by atoms with van der Waals surface area (Å²) in [5.74, 6) is 2.28. The lowest BCUT2D eigenvalue weighted by molar-refractivity contribution is 0.0919. The number of amides is 1. The molecule has 238 valence electrons. The standard InChI is InChI=1S/C32H39ClN6O3.2ClH/c1-32(2,3)39-31(41)21-5-4-6-25(16-21)42-28-12-9-23(17-27(28)33)38-30-26-15-20(13-14-34-29(26)36-19-37-30)18-35-22-7-10-24(40)11-8-22;;/h4-6,9,12,15-17,19,22,24,35,40H,7-8,10-11,13-14,18H2,1-3H3,(H,39,41)(H2,34,36,37,38);2*1H. The van der Waals surface area contributed by atoms with Gasteiger partial charge in [0.1, 0.15) is 29.5 Å². The second-order valence-corrected chi connectivity index (χ2v) is 12.4. The molecule has 9 nitrogen and oxygen atoms in total. The van der Waals surface area contributed by atoms with E-state index in [1.807, 2.05) is 26.8 Å². The van der Waals surface area contributed by atoms with Gasteiger partial charge in [-0.3, -0.25) is 4.79 Å². The van der Waals surface area contributed by atoms with E-state index in [9.17, 15) is 9.90 Å². The van der Waals surface area contributed by atoms with Crippen molar-refractivity contribution in [3.63, 3.8) is 0 Å². The van der Waals surface area contributed by atoms with Gasteiger partial charge in [0.15, 0.2) is 0 Å². The minimum Gasteiger partial charge on any atom is -0.456 e. The van der Waals surface area contributed by atoms with E-state index < -0.39 is 0 Å². The molecule has 5 rings (SSSR count). The fourth-order valence-corrected chi connectivity index (χ4v) is 5.34. The quantitative estimate of drug-likeness (QED) is 0.173. The highest BCUT2D eigenvalue weighted by molar-refractivity contribution is 6.32. The third-order valence-electron chi connectivity index (χ3n) is 7.29. The van der Waals surface area contributed by atoms with Gasteiger partial charge in [-0.05, 0) is 95.3 Å². The Morgan fingerprint density at radius 2 is 1.86 bits per heavy atom. The maximum absolute atomic E-state index is 12.6. The molecule has 1 saturated carbocycles. The summed E-state index contributed by atoms with van der Waals surface area (Å²) in [7, 11) is 0. The Morgan fingerprint density at radius 1 is 1.09 bits per heavy atom. The topological polar surface area (TPSA) is 120 Å². The van der Waals surface area contributed by atoms with Crippen LogP contribution in [0.5, 0.6) is 11.5 Å². The van der Waals surface area contributed by atoms with Crippen molar-refractivity contribution in [2.24, 2.45) is 0 Å². The van der Waals surface area contributed by atoms with Crippen molar-refractivity contribution in [2.45, 2.75) is 70.6 Å². The fourth-order valence-electron chi connectivity index (χ4n) is 5.12. The minimum atomic E-state index is -0.341. The lowest BCUT2D eigenvalue weighted by Crippen LogP contribution is -2.40. The average molecular weight is 664 g/mol. The van der Waals surface area contributed by atoms with Crippen LogP contribution in [0, 0.1) is 0 Å². The first kappa shape index (κ1) is 35.4. The Morgan fingerprint density at radius 3 is 2.59 bits per heavy atom. The van der Waals surface area contributed by atoms with Gasteiger partial charge in [-0.15, -0.1) is 24.8 Å². The molecule has 1 amide bonds. The summed E-state index contributed by atoms with van der Waals surface area (Å²) in [6.45, 7) is 7.39. The van der Waals surface area contributed by atoms with Crippen molar-refractivity contribution in [2.75, 3.05) is 23.7 Å². The van der Waals surface area contributed by atoms with E-state index in [0.29, 0.717) is 33.9 Å². The third kappa shape index (κ3) is 9.71. The first-order valence-corrected chi connectivity index (χ1v) is 14.9. The van der Waals surface area contributed by atoms with E-state index in [-0.39, 0.29) is 42.4 Å². The molecule has 0 unspecified atom stereocenters. The predicted molar refractivity (Wildman–Crippen MR) is 182 cm³/mol. The molecule has 2 aromatic carbocycles. The number of nitrogens with zero attached hydrogens (tertiary/aromatic N) is 2. The second kappa shape index (κ2) is 15.8. The van der Waals surface area contributed by atoms with E-state index in [1.165, 1.54) is 5.57 Å². The van der Waals surface area contributed by atoms with Gasteiger partial charge in [-0.1, -0.05) is 23.2 Å². The number of hydrogen-bond donors (Lipinski definition) is 5. The fraction of sp³-hybridized carbons (Fsp3) is 0.406. The number of halogens is 3. The zero-order valence-corrected chi connectivity index (χ0v) is 27.5. The number of aromatic nitrogens is 2. The van der Waals surface area contributed by atoms with Crippen LogP contribution in [0.4, 0.5) is 17.3 Å². The summed E-state index contributed by atoms with van der Waals surface area (Å²) in [6.07, 6.45) is 8.15. The molecular formula is C32H41Cl3N6O3. The van der Waals surface area contributed by atoms with Crippen molar-refractivity contribution in [3.8, 4) is 11.5 Å². The van der Waals surface area contributed by atoms with Crippen LogP contribution in [-0.2, 0) is 0 Å². The SMILES string of the molecule is CC(C)(C)NC(=O)c1cccc(Oc2ccc(Nc3ncnc4c3C=C(CNC3CCC(O)CC3)CCN4)cc2Cl)c1.Cl.Cl. The molecule has 2 aliphatic rings. The minimum absolute atomic E-state index is 0. The van der Waals surface area contributed by atoms with Crippen molar-refractivity contribution in [3.05, 3.63) is 70.5 Å². The van der Waals surface area contributed by atoms with E-state index >= 15 is 0 Å². The summed E-state index contributed by atoms with van der Waals surface area (Å²) in [5, 5.41) is 23.7. The van der Waals surface area contributed by atoms with Crippen LogP contribution in [0.15, 0.2) is 54.4 Å². The Bertz CT molecular complexity index is 1460. The number of rotatable bonds is 8. The lowest BCUT2D eigenvalue weighted by Gasteiger charge is -2.26. The number of nitrogens with one attached hydrogen (secondary N) is 4. The number of benzene rings is 2. The number of aliphatic hydroxyl groups is 1. The van der Waals surface area contributed by atoms with Gasteiger partial charge in [-0.2, -0.15) is 0 Å². The monoisotopic (exact) mass is 662 g/mol. The van der Waals surface area contributed by atoms with Gasteiger partial charge >= 0.3 is 0 Å².